The number of hydrogen-bond donors (Lipinski definition) is 2. The molecule has 0 aliphatic heterocycles. The molecule has 21 heavy (non-hydrogen) atoms. The molecule has 0 saturated carbocycles. The summed E-state index contributed by atoms with van der Waals surface area (Å²) in [6.45, 7) is 10.5. The van der Waals surface area contributed by atoms with Gasteiger partial charge in [0.15, 0.2) is 0 Å². The van der Waals surface area contributed by atoms with Crippen LogP contribution in [0.1, 0.15) is 33.0 Å². The van der Waals surface area contributed by atoms with Crippen molar-refractivity contribution in [2.24, 2.45) is 0 Å². The standard InChI is InChI=1S/C14H27N3O3S/c1-4-10-17(6-3)11-9-16-21(18,19)14-8-7-13(20-14)12-15-5-2/h7-8,15-16H,4-6,9-12H2,1-3H3. The molecule has 1 heterocycles. The van der Waals surface area contributed by atoms with E-state index in [0.717, 1.165) is 26.1 Å². The highest BCUT2D eigenvalue weighted by Gasteiger charge is 2.18. The Kier molecular flexibility index (Phi) is 7.95. The Hall–Kier alpha value is -0.890. The van der Waals surface area contributed by atoms with Gasteiger partial charge < -0.3 is 14.6 Å². The summed E-state index contributed by atoms with van der Waals surface area (Å²) in [7, 11) is -3.55. The zero-order chi connectivity index (χ0) is 15.7. The Morgan fingerprint density at radius 1 is 1.19 bits per heavy atom. The summed E-state index contributed by atoms with van der Waals surface area (Å²) in [6, 6.07) is 3.19. The maximum Gasteiger partial charge on any atom is 0.274 e. The summed E-state index contributed by atoms with van der Waals surface area (Å²) < 4.78 is 32.1. The molecule has 1 aromatic heterocycles. The van der Waals surface area contributed by atoms with Crippen molar-refractivity contribution in [2.75, 3.05) is 32.7 Å². The topological polar surface area (TPSA) is 74.6 Å². The van der Waals surface area contributed by atoms with Gasteiger partial charge in [-0.15, -0.1) is 0 Å². The minimum Gasteiger partial charge on any atom is -0.447 e. The van der Waals surface area contributed by atoms with Gasteiger partial charge in [0.05, 0.1) is 6.54 Å². The van der Waals surface area contributed by atoms with Gasteiger partial charge in [-0.25, -0.2) is 13.1 Å². The van der Waals surface area contributed by atoms with Gasteiger partial charge >= 0.3 is 0 Å². The lowest BCUT2D eigenvalue weighted by atomic mass is 10.4. The van der Waals surface area contributed by atoms with E-state index in [2.05, 4.69) is 28.8 Å². The van der Waals surface area contributed by atoms with Crippen LogP contribution >= 0.6 is 0 Å². The number of rotatable bonds is 11. The molecule has 0 aliphatic carbocycles. The van der Waals surface area contributed by atoms with Gasteiger partial charge in [-0.05, 0) is 38.2 Å². The normalized spacial score (nSPS) is 12.2. The number of likely N-dealkylation sites (N-methyl/N-ethyl adjacent to an activating group) is 1. The maximum absolute atomic E-state index is 12.1. The third-order valence-electron chi connectivity index (χ3n) is 3.16. The quantitative estimate of drug-likeness (QED) is 0.645. The van der Waals surface area contributed by atoms with Gasteiger partial charge in [-0.1, -0.05) is 20.8 Å². The lowest BCUT2D eigenvalue weighted by Gasteiger charge is -2.19. The molecule has 0 bridgehead atoms. The van der Waals surface area contributed by atoms with Crippen molar-refractivity contribution in [1.29, 1.82) is 0 Å². The molecule has 0 fully saturated rings. The molecule has 7 heteroatoms. The molecule has 0 amide bonds. The predicted octanol–water partition coefficient (Wildman–Crippen LogP) is 1.40. The molecular formula is C14H27N3O3S. The molecule has 0 aromatic carbocycles. The molecule has 0 saturated heterocycles. The predicted molar refractivity (Wildman–Crippen MR) is 83.7 cm³/mol. The Bertz CT molecular complexity index is 499. The van der Waals surface area contributed by atoms with E-state index >= 15 is 0 Å². The molecule has 0 unspecified atom stereocenters. The smallest absolute Gasteiger partial charge is 0.274 e. The lowest BCUT2D eigenvalue weighted by Crippen LogP contribution is -2.35. The van der Waals surface area contributed by atoms with Crippen LogP contribution < -0.4 is 10.0 Å². The van der Waals surface area contributed by atoms with E-state index in [1.54, 1.807) is 6.07 Å². The first-order valence-corrected chi connectivity index (χ1v) is 9.03. The maximum atomic E-state index is 12.1. The van der Waals surface area contributed by atoms with E-state index < -0.39 is 10.0 Å². The molecule has 122 valence electrons. The van der Waals surface area contributed by atoms with Crippen LogP contribution in [0, 0.1) is 0 Å². The Balaban J connectivity index is 2.51. The molecule has 1 rings (SSSR count). The minimum atomic E-state index is -3.55. The lowest BCUT2D eigenvalue weighted by molar-refractivity contribution is 0.293. The molecule has 0 atom stereocenters. The molecular weight excluding hydrogens is 290 g/mol. The molecule has 0 spiro atoms. The SMILES string of the molecule is CCCN(CC)CCNS(=O)(=O)c1ccc(CNCC)o1. The van der Waals surface area contributed by atoms with Gasteiger partial charge in [0, 0.05) is 13.1 Å². The van der Waals surface area contributed by atoms with Gasteiger partial charge in [-0.2, -0.15) is 0 Å². The average molecular weight is 317 g/mol. The number of hydrogen-bond acceptors (Lipinski definition) is 5. The van der Waals surface area contributed by atoms with Crippen LogP contribution in [0.3, 0.4) is 0 Å². The van der Waals surface area contributed by atoms with Crippen molar-refractivity contribution in [1.82, 2.24) is 14.9 Å². The van der Waals surface area contributed by atoms with E-state index in [4.69, 9.17) is 4.42 Å². The number of nitrogens with zero attached hydrogens (tertiary/aromatic N) is 1. The third kappa shape index (κ3) is 6.17. The zero-order valence-electron chi connectivity index (χ0n) is 13.2. The van der Waals surface area contributed by atoms with Gasteiger partial charge in [0.1, 0.15) is 5.76 Å². The summed E-state index contributed by atoms with van der Waals surface area (Å²) in [4.78, 5) is 2.21. The second-order valence-corrected chi connectivity index (χ2v) is 6.53. The van der Waals surface area contributed by atoms with Gasteiger partial charge in [-0.3, -0.25) is 0 Å². The van der Waals surface area contributed by atoms with Crippen LogP contribution in [0.5, 0.6) is 0 Å². The monoisotopic (exact) mass is 317 g/mol. The molecule has 0 aliphatic rings. The fraction of sp³-hybridized carbons (Fsp3) is 0.714. The molecule has 0 radical (unpaired) electrons. The van der Waals surface area contributed by atoms with Crippen molar-refractivity contribution < 1.29 is 12.8 Å². The fourth-order valence-electron chi connectivity index (χ4n) is 2.00. The highest BCUT2D eigenvalue weighted by molar-refractivity contribution is 7.89. The van der Waals surface area contributed by atoms with Gasteiger partial charge in [0.2, 0.25) is 5.09 Å². The Morgan fingerprint density at radius 3 is 2.57 bits per heavy atom. The summed E-state index contributed by atoms with van der Waals surface area (Å²) in [5.41, 5.74) is 0. The summed E-state index contributed by atoms with van der Waals surface area (Å²) in [6.07, 6.45) is 1.06. The summed E-state index contributed by atoms with van der Waals surface area (Å²) >= 11 is 0. The van der Waals surface area contributed by atoms with Crippen LogP contribution in [0.15, 0.2) is 21.6 Å². The van der Waals surface area contributed by atoms with E-state index in [1.165, 1.54) is 6.07 Å². The number of nitrogens with one attached hydrogen (secondary N) is 2. The summed E-state index contributed by atoms with van der Waals surface area (Å²) in [5, 5.41) is 3.07. The van der Waals surface area contributed by atoms with Crippen LogP contribution in [-0.2, 0) is 16.6 Å². The van der Waals surface area contributed by atoms with E-state index in [9.17, 15) is 8.42 Å². The second kappa shape index (κ2) is 9.19. The second-order valence-electron chi connectivity index (χ2n) is 4.83. The number of furan rings is 1. The summed E-state index contributed by atoms with van der Waals surface area (Å²) in [5.74, 6) is 0.624. The molecule has 2 N–H and O–H groups in total. The fourth-order valence-corrected chi connectivity index (χ4v) is 2.97. The third-order valence-corrected chi connectivity index (χ3v) is 4.49. The zero-order valence-corrected chi connectivity index (χ0v) is 14.0. The van der Waals surface area contributed by atoms with Crippen molar-refractivity contribution in [3.8, 4) is 0 Å². The molecule has 6 nitrogen and oxygen atoms in total. The molecule has 1 aromatic rings. The van der Waals surface area contributed by atoms with Crippen LogP contribution in [0.4, 0.5) is 0 Å². The van der Waals surface area contributed by atoms with Crippen molar-refractivity contribution >= 4 is 10.0 Å². The van der Waals surface area contributed by atoms with Crippen LogP contribution in [0.2, 0.25) is 0 Å². The first-order chi connectivity index (χ1) is 10.0. The largest absolute Gasteiger partial charge is 0.447 e. The first kappa shape index (κ1) is 18.2. The highest BCUT2D eigenvalue weighted by Crippen LogP contribution is 2.13. The van der Waals surface area contributed by atoms with Crippen LogP contribution in [0.25, 0.3) is 0 Å². The number of sulfonamides is 1. The van der Waals surface area contributed by atoms with Crippen LogP contribution in [-0.4, -0.2) is 46.0 Å². The van der Waals surface area contributed by atoms with Crippen molar-refractivity contribution in [3.05, 3.63) is 17.9 Å². The van der Waals surface area contributed by atoms with E-state index in [0.29, 0.717) is 25.4 Å². The highest BCUT2D eigenvalue weighted by atomic mass is 32.2. The Morgan fingerprint density at radius 2 is 1.95 bits per heavy atom. The van der Waals surface area contributed by atoms with Crippen molar-refractivity contribution in [2.45, 2.75) is 38.8 Å². The minimum absolute atomic E-state index is 0.0195. The Labute approximate surface area is 127 Å². The average Bonchev–Trinajstić information content (AvgIpc) is 2.93. The van der Waals surface area contributed by atoms with E-state index in [-0.39, 0.29) is 5.09 Å². The first-order valence-electron chi connectivity index (χ1n) is 7.54. The van der Waals surface area contributed by atoms with E-state index in [1.807, 2.05) is 6.92 Å². The van der Waals surface area contributed by atoms with Gasteiger partial charge in [0.25, 0.3) is 10.0 Å². The van der Waals surface area contributed by atoms with Crippen molar-refractivity contribution in [3.63, 3.8) is 0 Å².